The lowest BCUT2D eigenvalue weighted by atomic mass is 10.2. The topological polar surface area (TPSA) is 72.0 Å². The van der Waals surface area contributed by atoms with E-state index in [2.05, 4.69) is 15.3 Å². The Hall–Kier alpha value is -1.01. The van der Waals surface area contributed by atoms with E-state index in [1.165, 1.54) is 0 Å². The molecule has 1 aromatic rings. The fourth-order valence-corrected chi connectivity index (χ4v) is 2.05. The first kappa shape index (κ1) is 9.54. The van der Waals surface area contributed by atoms with Gasteiger partial charge in [-0.25, -0.2) is 18.4 Å². The zero-order valence-corrected chi connectivity index (χ0v) is 8.85. The van der Waals surface area contributed by atoms with Gasteiger partial charge in [0.15, 0.2) is 0 Å². The highest BCUT2D eigenvalue weighted by Crippen LogP contribution is 2.17. The average Bonchev–Trinajstić information content (AvgIpc) is 2.50. The van der Waals surface area contributed by atoms with Crippen LogP contribution in [0.25, 0.3) is 0 Å². The Balaban J connectivity index is 2.64. The number of hydrogen-bond acceptors (Lipinski definition) is 5. The summed E-state index contributed by atoms with van der Waals surface area (Å²) in [7, 11) is -3.30. The molecule has 0 spiro atoms. The van der Waals surface area contributed by atoms with E-state index in [9.17, 15) is 8.42 Å². The molecule has 1 N–H and O–H groups in total. The zero-order valence-electron chi connectivity index (χ0n) is 8.03. The summed E-state index contributed by atoms with van der Waals surface area (Å²) < 4.78 is 22.5. The molecule has 1 aromatic heterocycles. The number of nitrogens with one attached hydrogen (secondary N) is 1. The maximum atomic E-state index is 11.2. The van der Waals surface area contributed by atoms with Gasteiger partial charge < -0.3 is 5.32 Å². The van der Waals surface area contributed by atoms with E-state index in [4.69, 9.17) is 0 Å². The molecule has 2 heterocycles. The fraction of sp³-hybridized carbons (Fsp3) is 0.500. The molecular formula is C8H11N3O2S. The van der Waals surface area contributed by atoms with E-state index in [1.54, 1.807) is 0 Å². The minimum Gasteiger partial charge on any atom is -0.307 e. The Labute approximate surface area is 82.5 Å². The van der Waals surface area contributed by atoms with Crippen molar-refractivity contribution in [3.63, 3.8) is 0 Å². The van der Waals surface area contributed by atoms with Crippen LogP contribution in [0, 0.1) is 6.92 Å². The second-order valence-electron chi connectivity index (χ2n) is 3.39. The van der Waals surface area contributed by atoms with Crippen LogP contribution in [0.5, 0.6) is 0 Å². The first-order valence-corrected chi connectivity index (χ1v) is 6.15. The van der Waals surface area contributed by atoms with Gasteiger partial charge in [-0.1, -0.05) is 0 Å². The highest BCUT2D eigenvalue weighted by atomic mass is 32.2. The number of rotatable bonds is 1. The second kappa shape index (κ2) is 2.99. The van der Waals surface area contributed by atoms with Gasteiger partial charge in [0.05, 0.1) is 5.69 Å². The van der Waals surface area contributed by atoms with Crippen LogP contribution in [0.2, 0.25) is 0 Å². The normalized spacial score (nSPS) is 15.6. The quantitative estimate of drug-likeness (QED) is 0.654. The Bertz CT molecular complexity index is 482. The maximum Gasteiger partial charge on any atom is 0.247 e. The summed E-state index contributed by atoms with van der Waals surface area (Å²) in [5, 5.41) is 3.04. The highest BCUT2D eigenvalue weighted by molar-refractivity contribution is 7.90. The third-order valence-corrected chi connectivity index (χ3v) is 3.05. The van der Waals surface area contributed by atoms with Crippen molar-refractivity contribution in [3.05, 3.63) is 17.0 Å². The van der Waals surface area contributed by atoms with Crippen molar-refractivity contribution in [2.45, 2.75) is 25.2 Å². The van der Waals surface area contributed by atoms with Gasteiger partial charge in [-0.05, 0) is 6.92 Å². The smallest absolute Gasteiger partial charge is 0.247 e. The largest absolute Gasteiger partial charge is 0.307 e. The van der Waals surface area contributed by atoms with E-state index in [1.807, 2.05) is 6.92 Å². The minimum absolute atomic E-state index is 0.0718. The Morgan fingerprint density at radius 2 is 2.00 bits per heavy atom. The number of fused-ring (bicyclic) bond motifs is 1. The lowest BCUT2D eigenvalue weighted by molar-refractivity contribution is 0.591. The Morgan fingerprint density at radius 1 is 1.29 bits per heavy atom. The lowest BCUT2D eigenvalue weighted by Gasteiger charge is -2.03. The van der Waals surface area contributed by atoms with Gasteiger partial charge in [-0.15, -0.1) is 0 Å². The molecule has 0 bridgehead atoms. The number of aromatic nitrogens is 2. The molecule has 6 heteroatoms. The van der Waals surface area contributed by atoms with Crippen LogP contribution in [0.3, 0.4) is 0 Å². The summed E-state index contributed by atoms with van der Waals surface area (Å²) in [6.45, 7) is 3.16. The van der Waals surface area contributed by atoms with Crippen molar-refractivity contribution in [2.75, 3.05) is 6.26 Å². The highest BCUT2D eigenvalue weighted by Gasteiger charge is 2.20. The van der Waals surface area contributed by atoms with E-state index < -0.39 is 9.84 Å². The molecule has 0 amide bonds. The molecule has 0 fully saturated rings. The summed E-state index contributed by atoms with van der Waals surface area (Å²) in [4.78, 5) is 8.00. The second-order valence-corrected chi connectivity index (χ2v) is 5.30. The first-order chi connectivity index (χ1) is 6.48. The van der Waals surface area contributed by atoms with E-state index in [0.717, 1.165) is 29.8 Å². The van der Waals surface area contributed by atoms with Crippen LogP contribution in [-0.4, -0.2) is 24.6 Å². The molecular weight excluding hydrogens is 202 g/mol. The van der Waals surface area contributed by atoms with E-state index >= 15 is 0 Å². The van der Waals surface area contributed by atoms with Crippen LogP contribution in [0.4, 0.5) is 0 Å². The molecule has 0 aliphatic carbocycles. The predicted molar refractivity (Wildman–Crippen MR) is 50.4 cm³/mol. The summed E-state index contributed by atoms with van der Waals surface area (Å²) >= 11 is 0. The van der Waals surface area contributed by atoms with Crippen LogP contribution >= 0.6 is 0 Å². The van der Waals surface area contributed by atoms with Crippen molar-refractivity contribution in [1.82, 2.24) is 15.3 Å². The van der Waals surface area contributed by atoms with Gasteiger partial charge >= 0.3 is 0 Å². The van der Waals surface area contributed by atoms with Gasteiger partial charge in [-0.2, -0.15) is 0 Å². The molecule has 2 rings (SSSR count). The summed E-state index contributed by atoms with van der Waals surface area (Å²) in [5.74, 6) is 0. The number of sulfone groups is 1. The Kier molecular flexibility index (Phi) is 2.04. The maximum absolute atomic E-state index is 11.2. The molecule has 0 radical (unpaired) electrons. The molecule has 0 atom stereocenters. The van der Waals surface area contributed by atoms with Gasteiger partial charge in [0.25, 0.3) is 0 Å². The molecule has 0 unspecified atom stereocenters. The van der Waals surface area contributed by atoms with Gasteiger partial charge in [0, 0.05) is 30.6 Å². The molecule has 1 aliphatic heterocycles. The van der Waals surface area contributed by atoms with Gasteiger partial charge in [0.2, 0.25) is 15.0 Å². The summed E-state index contributed by atoms with van der Waals surface area (Å²) in [5.41, 5.74) is 2.58. The summed E-state index contributed by atoms with van der Waals surface area (Å²) in [6, 6.07) is 0. The molecule has 0 saturated heterocycles. The van der Waals surface area contributed by atoms with Gasteiger partial charge in [-0.3, -0.25) is 0 Å². The first-order valence-electron chi connectivity index (χ1n) is 4.25. The molecule has 14 heavy (non-hydrogen) atoms. The van der Waals surface area contributed by atoms with Crippen molar-refractivity contribution in [2.24, 2.45) is 0 Å². The molecule has 0 aromatic carbocycles. The number of hydrogen-bond donors (Lipinski definition) is 1. The van der Waals surface area contributed by atoms with Crippen LogP contribution in [0.15, 0.2) is 5.16 Å². The lowest BCUT2D eigenvalue weighted by Crippen LogP contribution is -2.08. The number of nitrogens with zero attached hydrogens (tertiary/aromatic N) is 2. The third kappa shape index (κ3) is 1.51. The van der Waals surface area contributed by atoms with Crippen LogP contribution < -0.4 is 5.32 Å². The molecule has 1 aliphatic rings. The zero-order chi connectivity index (χ0) is 10.3. The molecule has 0 saturated carbocycles. The fourth-order valence-electron chi connectivity index (χ4n) is 1.48. The monoisotopic (exact) mass is 213 g/mol. The average molecular weight is 213 g/mol. The van der Waals surface area contributed by atoms with Crippen molar-refractivity contribution >= 4 is 9.84 Å². The van der Waals surface area contributed by atoms with Gasteiger partial charge in [0.1, 0.15) is 0 Å². The SMILES string of the molecule is Cc1nc(S(C)(=O)=O)nc2c1CNC2. The Morgan fingerprint density at radius 3 is 2.64 bits per heavy atom. The third-order valence-electron chi connectivity index (χ3n) is 2.20. The number of aryl methyl sites for hydroxylation is 1. The molecule has 76 valence electrons. The van der Waals surface area contributed by atoms with Crippen LogP contribution in [-0.2, 0) is 22.9 Å². The minimum atomic E-state index is -3.30. The molecule has 5 nitrogen and oxygen atoms in total. The predicted octanol–water partition coefficient (Wildman–Crippen LogP) is -0.208. The van der Waals surface area contributed by atoms with Crippen molar-refractivity contribution in [1.29, 1.82) is 0 Å². The van der Waals surface area contributed by atoms with E-state index in [-0.39, 0.29) is 5.16 Å². The van der Waals surface area contributed by atoms with Crippen molar-refractivity contribution < 1.29 is 8.42 Å². The standard InChI is InChI=1S/C8H11N3O2S/c1-5-6-3-9-4-7(6)11-8(10-5)14(2,12)13/h9H,3-4H2,1-2H3. The summed E-state index contributed by atoms with van der Waals surface area (Å²) in [6.07, 6.45) is 1.12. The van der Waals surface area contributed by atoms with Crippen LogP contribution in [0.1, 0.15) is 17.0 Å². The van der Waals surface area contributed by atoms with Crippen molar-refractivity contribution in [3.8, 4) is 0 Å². The van der Waals surface area contributed by atoms with E-state index in [0.29, 0.717) is 6.54 Å².